The predicted molar refractivity (Wildman–Crippen MR) is 371 cm³/mol. The van der Waals surface area contributed by atoms with Crippen molar-refractivity contribution in [3.63, 3.8) is 0 Å². The molecule has 6 heterocycles. The van der Waals surface area contributed by atoms with Gasteiger partial charge in [0.1, 0.15) is 59.4 Å². The number of nitrogens with zero attached hydrogens (tertiary/aromatic N) is 2. The number of carbonyl (C=O) groups is 5. The molecular formula is C74H130N2O27. The minimum Gasteiger partial charge on any atom is -0.459 e. The topological polar surface area (TPSA) is 405 Å². The molecule has 29 nitrogen and oxygen atoms in total. The second-order valence-corrected chi connectivity index (χ2v) is 32.9. The third-order valence-corrected chi connectivity index (χ3v) is 24.2. The standard InChI is InChI=1S/C74H130N2O27/c1-25-48-73(19,90)59(82)38(7)53(78)34(3)29-69(15,88)63(40(9)57(42(11)65(86)98-48)100-51-31-71(17,92-23)61(84)44(13)96-51)102-67-55(80)46(27-36(5)94-67)75(21)33-50(77)76(22)47-28-37(6)95-68(56(47)81)103-64-41(10)58(101-52-32-72(18,93-24)62(85)45(14)97-52)43(12)66(87)99-49(26-2)74(20,91)60(83)39(8)54(79)35(4)30-70(64,16)89/h34-49,51-52,55-64,67-68,80-85,88-91H,25-33H2,1-24H3/t34-,35-,36-,37-,38+,39+,40+,41+,42-,43-,44+,45+,46+,47+,48-,49-,51+,52+,55-,56-,57+,58+,59-,60-,61+,62+,63-,64-,67+,68+,69-,70-,71-,72-,73-,74-/m1/s1. The molecule has 0 aliphatic carbocycles. The van der Waals surface area contributed by atoms with Crippen molar-refractivity contribution in [3.05, 3.63) is 0 Å². The fourth-order valence-corrected chi connectivity index (χ4v) is 17.2. The van der Waals surface area contributed by atoms with E-state index in [9.17, 15) is 75.0 Å². The molecule has 6 aliphatic rings. The molecule has 0 radical (unpaired) electrons. The van der Waals surface area contributed by atoms with Crippen LogP contribution >= 0.6 is 0 Å². The SMILES string of the molecule is CC[C@H]1OC(=O)[C@H](C)[C@@H](O[C@H]2C[C@@](C)(OC)[C@@H](O)[C@H](C)O2)[C@H](C)[C@@H](O[C@@H]2O[C@H](C)C[C@H](N(C)CC(=O)N(C)[C@H]3C[C@@H](C)O[C@@H](O[C@@H]4[C@@H](C)[C@H](O[C@H]5C[C@@](C)(OC)[C@@H](O)[C@H](C)O5)[C@@H](C)C(=O)O[C@H](CC)[C@@](C)(O)[C@H](O)[C@@H](C)C(=O)[C@H](C)C[C@@]4(C)O)[C@@H]3O)[C@H]2O)[C@](C)(O)C[C@@H](C)C(=O)[C@H](C)[C@@H](O)[C@]1(C)O. The van der Waals surface area contributed by atoms with E-state index in [0.29, 0.717) is 0 Å². The minimum absolute atomic E-state index is 0.0300. The van der Waals surface area contributed by atoms with Gasteiger partial charge in [0.05, 0.1) is 108 Å². The number of aliphatic hydroxyl groups excluding tert-OH is 6. The third-order valence-electron chi connectivity index (χ3n) is 24.2. The summed E-state index contributed by atoms with van der Waals surface area (Å²) in [4.78, 5) is 75.8. The monoisotopic (exact) mass is 1480 g/mol. The first-order chi connectivity index (χ1) is 47.4. The van der Waals surface area contributed by atoms with Crippen molar-refractivity contribution in [1.82, 2.24) is 9.80 Å². The van der Waals surface area contributed by atoms with E-state index in [1.807, 2.05) is 0 Å². The highest BCUT2D eigenvalue weighted by atomic mass is 16.7. The molecule has 1 amide bonds. The maximum atomic E-state index is 14.9. The summed E-state index contributed by atoms with van der Waals surface area (Å²) in [5.74, 6) is -12.5. The Hall–Kier alpha value is -3.09. The van der Waals surface area contributed by atoms with Crippen LogP contribution in [0.2, 0.25) is 0 Å². The van der Waals surface area contributed by atoms with Crippen molar-refractivity contribution >= 4 is 29.4 Å². The van der Waals surface area contributed by atoms with Crippen molar-refractivity contribution in [2.75, 3.05) is 34.9 Å². The maximum absolute atomic E-state index is 14.9. The van der Waals surface area contributed by atoms with E-state index in [1.165, 1.54) is 81.6 Å². The van der Waals surface area contributed by atoms with Crippen LogP contribution in [0.15, 0.2) is 0 Å². The molecule has 36 atom stereocenters. The Bertz CT molecular complexity index is 2810. The number of methoxy groups -OCH3 is 2. The van der Waals surface area contributed by atoms with Crippen molar-refractivity contribution in [1.29, 1.82) is 0 Å². The fraction of sp³-hybridized carbons (Fsp3) is 0.932. The van der Waals surface area contributed by atoms with Crippen LogP contribution in [0.25, 0.3) is 0 Å². The van der Waals surface area contributed by atoms with Crippen LogP contribution in [-0.2, 0) is 80.8 Å². The van der Waals surface area contributed by atoms with E-state index < -0.39 is 245 Å². The summed E-state index contributed by atoms with van der Waals surface area (Å²) in [7, 11) is 5.97. The number of Topliss-reactive ketones (excluding diaryl/α,β-unsaturated/α-hetero) is 2. The van der Waals surface area contributed by atoms with E-state index in [4.69, 9.17) is 56.8 Å². The highest BCUT2D eigenvalue weighted by molar-refractivity contribution is 5.84. The van der Waals surface area contributed by atoms with Gasteiger partial charge in [0, 0.05) is 75.7 Å². The molecule has 0 aromatic carbocycles. The van der Waals surface area contributed by atoms with Gasteiger partial charge < -0.3 is 113 Å². The van der Waals surface area contributed by atoms with E-state index in [2.05, 4.69) is 0 Å². The van der Waals surface area contributed by atoms with Gasteiger partial charge in [-0.15, -0.1) is 0 Å². The Morgan fingerprint density at radius 3 is 1.17 bits per heavy atom. The van der Waals surface area contributed by atoms with Gasteiger partial charge in [-0.05, 0) is 129 Å². The summed E-state index contributed by atoms with van der Waals surface area (Å²) >= 11 is 0. The number of rotatable bonds is 16. The molecule has 6 aliphatic heterocycles. The first-order valence-corrected chi connectivity index (χ1v) is 37.2. The van der Waals surface area contributed by atoms with Gasteiger partial charge in [-0.2, -0.15) is 0 Å². The Labute approximate surface area is 609 Å². The lowest BCUT2D eigenvalue weighted by molar-refractivity contribution is -0.318. The largest absolute Gasteiger partial charge is 0.459 e. The second kappa shape index (κ2) is 34.9. The number of carbonyl (C=O) groups excluding carboxylic acids is 5. The van der Waals surface area contributed by atoms with Gasteiger partial charge >= 0.3 is 11.9 Å². The van der Waals surface area contributed by atoms with Crippen LogP contribution in [0.4, 0.5) is 0 Å². The number of hydrogen-bond acceptors (Lipinski definition) is 28. The molecule has 6 rings (SSSR count). The molecule has 103 heavy (non-hydrogen) atoms. The first-order valence-electron chi connectivity index (χ1n) is 37.2. The smallest absolute Gasteiger partial charge is 0.311 e. The van der Waals surface area contributed by atoms with Crippen molar-refractivity contribution in [3.8, 4) is 0 Å². The van der Waals surface area contributed by atoms with Gasteiger partial charge in [-0.3, -0.25) is 28.9 Å². The highest BCUT2D eigenvalue weighted by Crippen LogP contribution is 2.45. The summed E-state index contributed by atoms with van der Waals surface area (Å²) in [6.07, 6.45) is -26.0. The third kappa shape index (κ3) is 19.4. The number of hydrogen-bond donors (Lipinski definition) is 10. The number of ketones is 2. The first kappa shape index (κ1) is 88.8. The molecular weight excluding hydrogens is 1350 g/mol. The van der Waals surface area contributed by atoms with Crippen LogP contribution in [0.3, 0.4) is 0 Å². The molecule has 0 aromatic heterocycles. The Morgan fingerprint density at radius 1 is 0.485 bits per heavy atom. The van der Waals surface area contributed by atoms with Crippen molar-refractivity contribution in [2.45, 2.75) is 358 Å². The van der Waals surface area contributed by atoms with Gasteiger partial charge in [0.15, 0.2) is 25.2 Å². The zero-order valence-corrected chi connectivity index (χ0v) is 65.5. The Balaban J connectivity index is 1.32. The molecule has 0 aromatic rings. The van der Waals surface area contributed by atoms with Crippen LogP contribution in [0, 0.1) is 47.3 Å². The lowest BCUT2D eigenvalue weighted by atomic mass is 9.74. The van der Waals surface area contributed by atoms with Crippen LogP contribution < -0.4 is 0 Å². The number of esters is 2. The number of likely N-dealkylation sites (N-methyl/N-ethyl adjacent to an activating group) is 2. The normalized spacial score (nSPS) is 49.4. The quantitative estimate of drug-likeness (QED) is 0.0993. The van der Waals surface area contributed by atoms with Crippen LogP contribution in [-0.4, -0.2) is 294 Å². The second-order valence-electron chi connectivity index (χ2n) is 32.9. The Morgan fingerprint density at radius 2 is 0.825 bits per heavy atom. The Kier molecular flexibility index (Phi) is 30.1. The summed E-state index contributed by atoms with van der Waals surface area (Å²) in [5.41, 5.74) is -10.7. The lowest BCUT2D eigenvalue weighted by Gasteiger charge is -2.49. The molecule has 6 fully saturated rings. The predicted octanol–water partition coefficient (Wildman–Crippen LogP) is 2.85. The molecule has 0 saturated carbocycles. The zero-order valence-electron chi connectivity index (χ0n) is 65.5. The number of amides is 1. The molecule has 598 valence electrons. The van der Waals surface area contributed by atoms with Gasteiger partial charge in [-0.1, -0.05) is 55.4 Å². The van der Waals surface area contributed by atoms with E-state index in [1.54, 1.807) is 95.0 Å². The summed E-state index contributed by atoms with van der Waals surface area (Å²) in [6.45, 7) is 30.8. The average molecular weight is 1480 g/mol. The molecule has 6 saturated heterocycles. The molecule has 0 bridgehead atoms. The van der Waals surface area contributed by atoms with Gasteiger partial charge in [0.25, 0.3) is 0 Å². The summed E-state index contributed by atoms with van der Waals surface area (Å²) < 4.78 is 76.1. The molecule has 10 N–H and O–H groups in total. The van der Waals surface area contributed by atoms with Crippen molar-refractivity contribution in [2.24, 2.45) is 47.3 Å². The van der Waals surface area contributed by atoms with Crippen LogP contribution in [0.5, 0.6) is 0 Å². The van der Waals surface area contributed by atoms with Crippen LogP contribution in [0.1, 0.15) is 190 Å². The van der Waals surface area contributed by atoms with Gasteiger partial charge in [0.2, 0.25) is 5.91 Å². The van der Waals surface area contributed by atoms with E-state index in [0.717, 1.165) is 0 Å². The average Bonchev–Trinajstić information content (AvgIpc) is 0.776. The zero-order chi connectivity index (χ0) is 78.2. The minimum atomic E-state index is -2.12. The maximum Gasteiger partial charge on any atom is 0.311 e. The molecule has 0 spiro atoms. The number of ether oxygens (including phenoxy) is 12. The fourth-order valence-electron chi connectivity index (χ4n) is 17.2. The number of cyclic esters (lactones) is 2. The molecule has 0 unspecified atom stereocenters. The number of aliphatic hydroxyl groups is 10. The lowest BCUT2D eigenvalue weighted by Crippen LogP contribution is -2.62. The summed E-state index contributed by atoms with van der Waals surface area (Å²) in [5, 5.41) is 121. The van der Waals surface area contributed by atoms with E-state index >= 15 is 0 Å². The van der Waals surface area contributed by atoms with Crippen molar-refractivity contribution < 1.29 is 132 Å². The molecule has 29 heteroatoms. The summed E-state index contributed by atoms with van der Waals surface area (Å²) in [6, 6.07) is -1.94. The highest BCUT2D eigenvalue weighted by Gasteiger charge is 2.58. The van der Waals surface area contributed by atoms with E-state index in [-0.39, 0.29) is 57.9 Å². The van der Waals surface area contributed by atoms with Gasteiger partial charge in [-0.25, -0.2) is 0 Å².